The molecule has 1 aliphatic rings. The predicted molar refractivity (Wildman–Crippen MR) is 136 cm³/mol. The van der Waals surface area contributed by atoms with E-state index < -0.39 is 5.97 Å². The number of nitrogens with zero attached hydrogens (tertiary/aromatic N) is 4. The number of methoxy groups -OCH3 is 1. The molecule has 0 unspecified atom stereocenters. The summed E-state index contributed by atoms with van der Waals surface area (Å²) in [4.78, 5) is 33.0. The number of fused-ring (bicyclic) bond motifs is 1. The van der Waals surface area contributed by atoms with Gasteiger partial charge in [-0.05, 0) is 44.0 Å². The number of esters is 1. The van der Waals surface area contributed by atoms with E-state index in [0.29, 0.717) is 33.5 Å². The zero-order valence-electron chi connectivity index (χ0n) is 20.0. The lowest BCUT2D eigenvalue weighted by molar-refractivity contribution is 0.0600. The summed E-state index contributed by atoms with van der Waals surface area (Å²) in [6.07, 6.45) is 2.18. The molecule has 5 rings (SSSR count). The van der Waals surface area contributed by atoms with Crippen molar-refractivity contribution in [3.63, 3.8) is 0 Å². The van der Waals surface area contributed by atoms with Crippen molar-refractivity contribution in [2.45, 2.75) is 19.8 Å². The smallest absolute Gasteiger partial charge is 0.337 e. The van der Waals surface area contributed by atoms with E-state index in [0.717, 1.165) is 42.9 Å². The SMILES string of the molecule is COC(=O)c1ccc(N2CCCC2)c(NC(=O)c2cc(-c3ccccc3)nc3c2c(C)nn3C)c1. The highest BCUT2D eigenvalue weighted by Gasteiger charge is 2.23. The van der Waals surface area contributed by atoms with Crippen molar-refractivity contribution >= 4 is 34.3 Å². The van der Waals surface area contributed by atoms with Crippen LogP contribution in [0.4, 0.5) is 11.4 Å². The van der Waals surface area contributed by atoms with Gasteiger partial charge >= 0.3 is 5.97 Å². The Hall–Kier alpha value is -4.20. The number of benzene rings is 2. The van der Waals surface area contributed by atoms with Gasteiger partial charge in [-0.2, -0.15) is 5.10 Å². The summed E-state index contributed by atoms with van der Waals surface area (Å²) in [7, 11) is 3.17. The lowest BCUT2D eigenvalue weighted by atomic mass is 10.0. The fourth-order valence-corrected chi connectivity index (χ4v) is 4.69. The summed E-state index contributed by atoms with van der Waals surface area (Å²) in [5, 5.41) is 8.29. The molecule has 4 aromatic rings. The maximum atomic E-state index is 13.8. The zero-order valence-corrected chi connectivity index (χ0v) is 20.0. The minimum absolute atomic E-state index is 0.284. The van der Waals surface area contributed by atoms with Gasteiger partial charge in [0.2, 0.25) is 0 Å². The number of carbonyl (C=O) groups excluding carboxylic acids is 2. The van der Waals surface area contributed by atoms with Crippen molar-refractivity contribution in [2.24, 2.45) is 7.05 Å². The molecule has 2 aromatic heterocycles. The Morgan fingerprint density at radius 1 is 1.03 bits per heavy atom. The summed E-state index contributed by atoms with van der Waals surface area (Å²) < 4.78 is 6.60. The Bertz CT molecular complexity index is 1420. The highest BCUT2D eigenvalue weighted by atomic mass is 16.5. The molecule has 0 atom stereocenters. The molecule has 1 amide bonds. The standard InChI is InChI=1S/C27H27N5O3/c1-17-24-20(16-21(18-9-5-4-6-10-18)28-25(24)31(2)30-17)26(33)29-22-15-19(27(34)35-3)11-12-23(22)32-13-7-8-14-32/h4-6,9-12,15-16H,7-8,13-14H2,1-3H3,(H,29,33). The fraction of sp³-hybridized carbons (Fsp3) is 0.259. The van der Waals surface area contributed by atoms with Crippen LogP contribution in [0.1, 0.15) is 39.3 Å². The van der Waals surface area contributed by atoms with Gasteiger partial charge in [0, 0.05) is 25.7 Å². The number of hydrogen-bond donors (Lipinski definition) is 1. The number of rotatable bonds is 5. The van der Waals surface area contributed by atoms with Gasteiger partial charge in [0.15, 0.2) is 5.65 Å². The number of amides is 1. The van der Waals surface area contributed by atoms with Crippen LogP contribution in [-0.2, 0) is 11.8 Å². The van der Waals surface area contributed by atoms with Crippen LogP contribution in [0.2, 0.25) is 0 Å². The number of hydrogen-bond acceptors (Lipinski definition) is 6. The van der Waals surface area contributed by atoms with E-state index in [1.54, 1.807) is 22.9 Å². The molecule has 0 aliphatic carbocycles. The third-order valence-corrected chi connectivity index (χ3v) is 6.40. The van der Waals surface area contributed by atoms with Crippen molar-refractivity contribution in [2.75, 3.05) is 30.4 Å². The Kier molecular flexibility index (Phi) is 5.94. The van der Waals surface area contributed by atoms with Crippen LogP contribution in [0.5, 0.6) is 0 Å². The average molecular weight is 470 g/mol. The van der Waals surface area contributed by atoms with E-state index in [9.17, 15) is 9.59 Å². The Morgan fingerprint density at radius 2 is 1.77 bits per heavy atom. The number of nitrogens with one attached hydrogen (secondary N) is 1. The number of pyridine rings is 1. The number of anilines is 2. The topological polar surface area (TPSA) is 89.3 Å². The molecule has 1 aliphatic heterocycles. The lowest BCUT2D eigenvalue weighted by Crippen LogP contribution is -2.22. The Balaban J connectivity index is 1.61. The first-order chi connectivity index (χ1) is 17.0. The Morgan fingerprint density at radius 3 is 2.49 bits per heavy atom. The van der Waals surface area contributed by atoms with Crippen molar-refractivity contribution in [3.05, 3.63) is 71.4 Å². The molecular formula is C27H27N5O3. The van der Waals surface area contributed by atoms with Crippen LogP contribution in [0.3, 0.4) is 0 Å². The third-order valence-electron chi connectivity index (χ3n) is 6.40. The molecule has 8 nitrogen and oxygen atoms in total. The predicted octanol–water partition coefficient (Wildman–Crippen LogP) is 4.58. The van der Waals surface area contributed by atoms with Crippen LogP contribution in [-0.4, -0.2) is 46.8 Å². The molecule has 0 saturated carbocycles. The van der Waals surface area contributed by atoms with E-state index in [2.05, 4.69) is 15.3 Å². The van der Waals surface area contributed by atoms with Gasteiger partial charge in [0.25, 0.3) is 5.91 Å². The van der Waals surface area contributed by atoms with Gasteiger partial charge in [-0.3, -0.25) is 9.48 Å². The maximum absolute atomic E-state index is 13.8. The van der Waals surface area contributed by atoms with Crippen LogP contribution in [0.15, 0.2) is 54.6 Å². The molecule has 1 fully saturated rings. The molecule has 0 radical (unpaired) electrons. The first kappa shape index (κ1) is 22.6. The highest BCUT2D eigenvalue weighted by molar-refractivity contribution is 6.14. The summed E-state index contributed by atoms with van der Waals surface area (Å²) in [5.41, 5.74) is 5.29. The number of ether oxygens (including phenoxy) is 1. The maximum Gasteiger partial charge on any atom is 0.337 e. The largest absolute Gasteiger partial charge is 0.465 e. The van der Waals surface area contributed by atoms with Crippen LogP contribution >= 0.6 is 0 Å². The second-order valence-electron chi connectivity index (χ2n) is 8.70. The van der Waals surface area contributed by atoms with Gasteiger partial charge in [0.1, 0.15) is 0 Å². The highest BCUT2D eigenvalue weighted by Crippen LogP contribution is 2.32. The Labute approximate surface area is 203 Å². The van der Waals surface area contributed by atoms with Crippen LogP contribution in [0, 0.1) is 6.92 Å². The quantitative estimate of drug-likeness (QED) is 0.430. The molecule has 2 aromatic carbocycles. The van der Waals surface area contributed by atoms with Gasteiger partial charge in [-0.15, -0.1) is 0 Å². The molecule has 3 heterocycles. The van der Waals surface area contributed by atoms with E-state index in [1.165, 1.54) is 7.11 Å². The second kappa shape index (κ2) is 9.21. The second-order valence-corrected chi connectivity index (χ2v) is 8.70. The number of carbonyl (C=O) groups is 2. The van der Waals surface area contributed by atoms with Crippen LogP contribution < -0.4 is 10.2 Å². The number of aryl methyl sites for hydroxylation is 2. The number of aromatic nitrogens is 3. The van der Waals surface area contributed by atoms with Crippen molar-refractivity contribution in [1.29, 1.82) is 0 Å². The summed E-state index contributed by atoms with van der Waals surface area (Å²) in [5.74, 6) is -0.734. The molecule has 0 spiro atoms. The molecule has 0 bridgehead atoms. The van der Waals surface area contributed by atoms with Crippen molar-refractivity contribution in [1.82, 2.24) is 14.8 Å². The minimum Gasteiger partial charge on any atom is -0.465 e. The van der Waals surface area contributed by atoms with E-state index in [4.69, 9.17) is 9.72 Å². The zero-order chi connectivity index (χ0) is 24.5. The van der Waals surface area contributed by atoms with E-state index in [-0.39, 0.29) is 5.91 Å². The fourth-order valence-electron chi connectivity index (χ4n) is 4.69. The van der Waals surface area contributed by atoms with Crippen molar-refractivity contribution in [3.8, 4) is 11.3 Å². The van der Waals surface area contributed by atoms with Gasteiger partial charge in [0.05, 0.1) is 46.4 Å². The van der Waals surface area contributed by atoms with E-state index >= 15 is 0 Å². The molecule has 1 N–H and O–H groups in total. The first-order valence-electron chi connectivity index (χ1n) is 11.6. The molecule has 178 valence electrons. The van der Waals surface area contributed by atoms with E-state index in [1.807, 2.05) is 50.4 Å². The van der Waals surface area contributed by atoms with Crippen molar-refractivity contribution < 1.29 is 14.3 Å². The van der Waals surface area contributed by atoms with Gasteiger partial charge < -0.3 is 15.0 Å². The van der Waals surface area contributed by atoms with Gasteiger partial charge in [-0.25, -0.2) is 9.78 Å². The first-order valence-corrected chi connectivity index (χ1v) is 11.6. The summed E-state index contributed by atoms with van der Waals surface area (Å²) in [6, 6.07) is 16.9. The van der Waals surface area contributed by atoms with Crippen LogP contribution in [0.25, 0.3) is 22.3 Å². The summed E-state index contributed by atoms with van der Waals surface area (Å²) in [6.45, 7) is 3.68. The molecule has 35 heavy (non-hydrogen) atoms. The average Bonchev–Trinajstić information content (AvgIpc) is 3.51. The summed E-state index contributed by atoms with van der Waals surface area (Å²) >= 11 is 0. The monoisotopic (exact) mass is 469 g/mol. The third kappa shape index (κ3) is 4.23. The normalized spacial score (nSPS) is 13.3. The lowest BCUT2D eigenvalue weighted by Gasteiger charge is -2.22. The molecular weight excluding hydrogens is 442 g/mol. The minimum atomic E-state index is -0.450. The van der Waals surface area contributed by atoms with Gasteiger partial charge in [-0.1, -0.05) is 30.3 Å². The molecule has 8 heteroatoms. The molecule has 1 saturated heterocycles.